The molecule has 0 saturated heterocycles. The molecule has 26 heavy (non-hydrogen) atoms. The van der Waals surface area contributed by atoms with E-state index in [9.17, 15) is 24.0 Å². The number of carbonyl (C=O) groups excluding carboxylic acids is 5. The van der Waals surface area contributed by atoms with Crippen LogP contribution >= 0.6 is 11.8 Å². The van der Waals surface area contributed by atoms with Crippen LogP contribution in [0.2, 0.25) is 0 Å². The van der Waals surface area contributed by atoms with E-state index in [4.69, 9.17) is 9.47 Å². The SMILES string of the molecule is CCOC(=O)C(NC(=O)CC)C(C)(C)SC(=O)CC(=O)C(=O)OC(C)C. The number of rotatable bonds is 10. The van der Waals surface area contributed by atoms with Crippen molar-refractivity contribution < 1.29 is 33.4 Å². The number of thioether (sulfide) groups is 1. The lowest BCUT2D eigenvalue weighted by Gasteiger charge is -2.31. The van der Waals surface area contributed by atoms with Crippen molar-refractivity contribution in [2.24, 2.45) is 0 Å². The number of hydrogen-bond acceptors (Lipinski definition) is 8. The molecule has 0 aromatic carbocycles. The van der Waals surface area contributed by atoms with E-state index < -0.39 is 46.2 Å². The van der Waals surface area contributed by atoms with Gasteiger partial charge in [-0.3, -0.25) is 14.4 Å². The van der Waals surface area contributed by atoms with Crippen LogP contribution in [0, 0.1) is 0 Å². The Bertz CT molecular complexity index is 557. The van der Waals surface area contributed by atoms with Gasteiger partial charge < -0.3 is 14.8 Å². The van der Waals surface area contributed by atoms with Gasteiger partial charge in [0.25, 0.3) is 0 Å². The molecule has 1 amide bonds. The third-order valence-corrected chi connectivity index (χ3v) is 4.23. The van der Waals surface area contributed by atoms with Gasteiger partial charge in [0.15, 0.2) is 5.12 Å². The summed E-state index contributed by atoms with van der Waals surface area (Å²) in [6.07, 6.45) is -0.968. The largest absolute Gasteiger partial charge is 0.464 e. The molecule has 0 aliphatic rings. The zero-order valence-electron chi connectivity index (χ0n) is 16.0. The molecule has 0 aromatic heterocycles. The number of ether oxygens (including phenoxy) is 2. The lowest BCUT2D eigenvalue weighted by molar-refractivity contribution is -0.157. The lowest BCUT2D eigenvalue weighted by Crippen LogP contribution is -2.53. The second-order valence-corrected chi connectivity index (χ2v) is 7.95. The van der Waals surface area contributed by atoms with Crippen molar-refractivity contribution in [2.75, 3.05) is 6.61 Å². The van der Waals surface area contributed by atoms with Crippen LogP contribution < -0.4 is 5.32 Å². The Morgan fingerprint density at radius 2 is 1.65 bits per heavy atom. The molecule has 0 aliphatic heterocycles. The molecule has 0 aromatic rings. The van der Waals surface area contributed by atoms with Gasteiger partial charge in [-0.05, 0) is 34.6 Å². The van der Waals surface area contributed by atoms with Crippen molar-refractivity contribution >= 4 is 40.5 Å². The highest BCUT2D eigenvalue weighted by Gasteiger charge is 2.40. The quantitative estimate of drug-likeness (QED) is 0.338. The normalized spacial score (nSPS) is 12.3. The molecule has 0 heterocycles. The van der Waals surface area contributed by atoms with E-state index in [1.165, 1.54) is 0 Å². The van der Waals surface area contributed by atoms with Gasteiger partial charge in [0.05, 0.1) is 19.1 Å². The highest BCUT2D eigenvalue weighted by atomic mass is 32.2. The van der Waals surface area contributed by atoms with Crippen molar-refractivity contribution in [2.45, 2.75) is 71.3 Å². The molecule has 8 nitrogen and oxygen atoms in total. The van der Waals surface area contributed by atoms with E-state index >= 15 is 0 Å². The van der Waals surface area contributed by atoms with Gasteiger partial charge in [-0.15, -0.1) is 0 Å². The van der Waals surface area contributed by atoms with E-state index in [1.807, 2.05) is 0 Å². The van der Waals surface area contributed by atoms with Gasteiger partial charge in [-0.1, -0.05) is 18.7 Å². The van der Waals surface area contributed by atoms with Crippen LogP contribution in [0.25, 0.3) is 0 Å². The fourth-order valence-corrected chi connectivity index (χ4v) is 2.94. The molecule has 9 heteroatoms. The summed E-state index contributed by atoms with van der Waals surface area (Å²) in [5.74, 6) is -3.09. The van der Waals surface area contributed by atoms with Crippen molar-refractivity contribution in [3.8, 4) is 0 Å². The summed E-state index contributed by atoms with van der Waals surface area (Å²) in [6.45, 7) is 9.69. The summed E-state index contributed by atoms with van der Waals surface area (Å²) in [5.41, 5.74) is 0. The Labute approximate surface area is 157 Å². The summed E-state index contributed by atoms with van der Waals surface area (Å²) < 4.78 is 8.62. The molecule has 1 atom stereocenters. The summed E-state index contributed by atoms with van der Waals surface area (Å²) in [7, 11) is 0. The topological polar surface area (TPSA) is 116 Å². The third-order valence-electron chi connectivity index (χ3n) is 3.10. The second-order valence-electron chi connectivity index (χ2n) is 6.24. The maximum atomic E-state index is 12.2. The van der Waals surface area contributed by atoms with Crippen molar-refractivity contribution in [1.29, 1.82) is 0 Å². The minimum Gasteiger partial charge on any atom is -0.464 e. The number of ketones is 1. The summed E-state index contributed by atoms with van der Waals surface area (Å²) in [5, 5.41) is 1.93. The number of nitrogens with one attached hydrogen (secondary N) is 1. The molecule has 1 unspecified atom stereocenters. The highest BCUT2D eigenvalue weighted by Crippen LogP contribution is 2.31. The predicted molar refractivity (Wildman–Crippen MR) is 96.4 cm³/mol. The molecule has 1 N–H and O–H groups in total. The van der Waals surface area contributed by atoms with E-state index in [2.05, 4.69) is 5.32 Å². The summed E-state index contributed by atoms with van der Waals surface area (Å²) >= 11 is 0.698. The predicted octanol–water partition coefficient (Wildman–Crippen LogP) is 1.39. The molecule has 0 bridgehead atoms. The molecular weight excluding hydrogens is 362 g/mol. The van der Waals surface area contributed by atoms with E-state index in [0.717, 1.165) is 0 Å². The first-order valence-corrected chi connectivity index (χ1v) is 9.17. The van der Waals surface area contributed by atoms with Gasteiger partial charge in [-0.2, -0.15) is 0 Å². The molecular formula is C17H27NO7S. The molecule has 0 spiro atoms. The molecule has 0 rings (SSSR count). The minimum atomic E-state index is -1.09. The third kappa shape index (κ3) is 8.46. The van der Waals surface area contributed by atoms with Crippen molar-refractivity contribution in [1.82, 2.24) is 5.32 Å². The van der Waals surface area contributed by atoms with E-state index in [1.54, 1.807) is 41.5 Å². The van der Waals surface area contributed by atoms with Crippen LogP contribution in [-0.4, -0.2) is 52.2 Å². The Balaban J connectivity index is 5.08. The number of carbonyl (C=O) groups is 5. The average Bonchev–Trinajstić information content (AvgIpc) is 2.50. The van der Waals surface area contributed by atoms with Gasteiger partial charge in [0.2, 0.25) is 11.7 Å². The van der Waals surface area contributed by atoms with Gasteiger partial charge >= 0.3 is 11.9 Å². The fraction of sp³-hybridized carbons (Fsp3) is 0.706. The first-order chi connectivity index (χ1) is 11.9. The van der Waals surface area contributed by atoms with Crippen molar-refractivity contribution in [3.63, 3.8) is 0 Å². The number of Topliss-reactive ketones (excluding diaryl/α,β-unsaturated/α-hetero) is 1. The van der Waals surface area contributed by atoms with Crippen LogP contribution in [0.5, 0.6) is 0 Å². The van der Waals surface area contributed by atoms with E-state index in [-0.39, 0.29) is 18.9 Å². The average molecular weight is 389 g/mol. The van der Waals surface area contributed by atoms with Crippen LogP contribution in [-0.2, 0) is 33.4 Å². The summed E-state index contributed by atoms with van der Waals surface area (Å²) in [4.78, 5) is 59.3. The lowest BCUT2D eigenvalue weighted by atomic mass is 10.0. The van der Waals surface area contributed by atoms with E-state index in [0.29, 0.717) is 11.8 Å². The second kappa shape index (κ2) is 10.9. The monoisotopic (exact) mass is 389 g/mol. The van der Waals surface area contributed by atoms with Crippen LogP contribution in [0.4, 0.5) is 0 Å². The minimum absolute atomic E-state index is 0.117. The van der Waals surface area contributed by atoms with Crippen LogP contribution in [0.1, 0.15) is 54.4 Å². The number of hydrogen-bond donors (Lipinski definition) is 1. The highest BCUT2D eigenvalue weighted by molar-refractivity contribution is 8.14. The molecule has 0 radical (unpaired) electrons. The Morgan fingerprint density at radius 1 is 1.08 bits per heavy atom. The van der Waals surface area contributed by atoms with Crippen molar-refractivity contribution in [3.05, 3.63) is 0 Å². The van der Waals surface area contributed by atoms with Gasteiger partial charge in [0, 0.05) is 11.2 Å². The molecule has 0 saturated carbocycles. The first-order valence-electron chi connectivity index (χ1n) is 8.36. The smallest absolute Gasteiger partial charge is 0.375 e. The maximum absolute atomic E-state index is 12.2. The first kappa shape index (κ1) is 24.1. The Morgan fingerprint density at radius 3 is 2.12 bits per heavy atom. The maximum Gasteiger partial charge on any atom is 0.375 e. The number of esters is 2. The van der Waals surface area contributed by atoms with Gasteiger partial charge in [0.1, 0.15) is 6.04 Å². The van der Waals surface area contributed by atoms with Gasteiger partial charge in [-0.25, -0.2) is 9.59 Å². The fourth-order valence-electron chi connectivity index (χ4n) is 1.88. The zero-order valence-corrected chi connectivity index (χ0v) is 16.9. The Kier molecular flexibility index (Phi) is 10.1. The Hall–Kier alpha value is -1.90. The number of amides is 1. The summed E-state index contributed by atoms with van der Waals surface area (Å²) in [6, 6.07) is -1.08. The molecule has 0 aliphatic carbocycles. The standard InChI is InChI=1S/C17H27NO7S/c1-7-12(20)18-14(16(23)24-8-2)17(5,6)26-13(21)9-11(19)15(22)25-10(3)4/h10,14H,7-9H2,1-6H3,(H,18,20). The molecule has 0 fully saturated rings. The van der Waals surface area contributed by atoms with Crippen LogP contribution in [0.3, 0.4) is 0 Å². The van der Waals surface area contributed by atoms with Crippen LogP contribution in [0.15, 0.2) is 0 Å². The zero-order chi connectivity index (χ0) is 20.5. The molecule has 148 valence electrons.